The molecule has 0 aliphatic rings. The second-order valence-corrected chi connectivity index (χ2v) is 7.89. The van der Waals surface area contributed by atoms with Crippen LogP contribution in [0.4, 0.5) is 5.69 Å². The van der Waals surface area contributed by atoms with Crippen LogP contribution >= 0.6 is 23.2 Å². The summed E-state index contributed by atoms with van der Waals surface area (Å²) in [7, 11) is 1.55. The molecule has 0 heterocycles. The number of para-hydroxylation sites is 1. The smallest absolute Gasteiger partial charge is 0.266 e. The van der Waals surface area contributed by atoms with E-state index >= 15 is 0 Å². The highest BCUT2D eigenvalue weighted by Crippen LogP contribution is 2.29. The number of nitriles is 1. The first-order valence-electron chi connectivity index (χ1n) is 10.2. The van der Waals surface area contributed by atoms with E-state index in [0.717, 1.165) is 17.5 Å². The Balaban J connectivity index is 1.87. The van der Waals surface area contributed by atoms with Crippen LogP contribution in [-0.2, 0) is 17.8 Å². The Morgan fingerprint density at radius 2 is 1.88 bits per heavy atom. The highest BCUT2D eigenvalue weighted by Gasteiger charge is 2.14. The lowest BCUT2D eigenvalue weighted by Crippen LogP contribution is -2.14. The summed E-state index contributed by atoms with van der Waals surface area (Å²) in [6.07, 6.45) is 2.25. The molecule has 5 nitrogen and oxygen atoms in total. The standard InChI is InChI=1S/C26H22Cl2N2O3/c1-3-18-6-4-5-7-24(18)30-26(31)20(15-29)13-19-9-10-21(32-2)14-25(19)33-16-17-8-11-22(27)23(28)12-17/h4-14H,3,16H2,1-2H3,(H,30,31)/b20-13+. The molecule has 3 aromatic carbocycles. The van der Waals surface area contributed by atoms with Crippen LogP contribution in [0.15, 0.2) is 66.2 Å². The van der Waals surface area contributed by atoms with Crippen LogP contribution in [0.3, 0.4) is 0 Å². The lowest BCUT2D eigenvalue weighted by molar-refractivity contribution is -0.112. The molecule has 3 rings (SSSR count). The van der Waals surface area contributed by atoms with Crippen molar-refractivity contribution in [2.45, 2.75) is 20.0 Å². The van der Waals surface area contributed by atoms with E-state index in [-0.39, 0.29) is 12.2 Å². The number of amides is 1. The zero-order valence-corrected chi connectivity index (χ0v) is 19.7. The SMILES string of the molecule is CCc1ccccc1NC(=O)/C(C#N)=C/c1ccc(OC)cc1OCc1ccc(Cl)c(Cl)c1. The molecule has 168 valence electrons. The number of hydrogen-bond acceptors (Lipinski definition) is 4. The first kappa shape index (κ1) is 24.2. The van der Waals surface area contributed by atoms with Gasteiger partial charge >= 0.3 is 0 Å². The summed E-state index contributed by atoms with van der Waals surface area (Å²) < 4.78 is 11.3. The summed E-state index contributed by atoms with van der Waals surface area (Å²) >= 11 is 12.1. The molecule has 0 fully saturated rings. The van der Waals surface area contributed by atoms with Crippen molar-refractivity contribution in [2.75, 3.05) is 12.4 Å². The number of methoxy groups -OCH3 is 1. The number of nitrogens with one attached hydrogen (secondary N) is 1. The molecule has 33 heavy (non-hydrogen) atoms. The Hall–Kier alpha value is -3.46. The maximum absolute atomic E-state index is 12.8. The summed E-state index contributed by atoms with van der Waals surface area (Å²) in [5.41, 5.74) is 2.99. The quantitative estimate of drug-likeness (QED) is 0.288. The molecule has 0 atom stereocenters. The highest BCUT2D eigenvalue weighted by molar-refractivity contribution is 6.42. The van der Waals surface area contributed by atoms with E-state index in [1.807, 2.05) is 43.3 Å². The van der Waals surface area contributed by atoms with Crippen molar-refractivity contribution >= 4 is 40.9 Å². The summed E-state index contributed by atoms with van der Waals surface area (Å²) in [6, 6.07) is 19.9. The van der Waals surface area contributed by atoms with E-state index < -0.39 is 5.91 Å². The lowest BCUT2D eigenvalue weighted by Gasteiger charge is -2.13. The van der Waals surface area contributed by atoms with E-state index in [9.17, 15) is 10.1 Å². The van der Waals surface area contributed by atoms with Gasteiger partial charge in [-0.3, -0.25) is 4.79 Å². The molecule has 0 radical (unpaired) electrons. The number of nitrogens with zero attached hydrogens (tertiary/aromatic N) is 1. The average molecular weight is 481 g/mol. The van der Waals surface area contributed by atoms with Crippen molar-refractivity contribution in [3.8, 4) is 17.6 Å². The number of rotatable bonds is 8. The third-order valence-electron chi connectivity index (χ3n) is 4.91. The topological polar surface area (TPSA) is 71.4 Å². The normalized spacial score (nSPS) is 10.9. The maximum atomic E-state index is 12.8. The maximum Gasteiger partial charge on any atom is 0.266 e. The monoisotopic (exact) mass is 480 g/mol. The summed E-state index contributed by atoms with van der Waals surface area (Å²) in [6.45, 7) is 2.21. The van der Waals surface area contributed by atoms with E-state index in [2.05, 4.69) is 5.32 Å². The number of carbonyl (C=O) groups excluding carboxylic acids is 1. The van der Waals surface area contributed by atoms with Gasteiger partial charge < -0.3 is 14.8 Å². The minimum absolute atomic E-state index is 0.0505. The molecular formula is C26H22Cl2N2O3. The predicted molar refractivity (Wildman–Crippen MR) is 132 cm³/mol. The number of anilines is 1. The number of benzene rings is 3. The second kappa shape index (κ2) is 11.4. The van der Waals surface area contributed by atoms with Crippen molar-refractivity contribution in [3.05, 3.63) is 93.0 Å². The van der Waals surface area contributed by atoms with Crippen LogP contribution in [0.1, 0.15) is 23.6 Å². The molecule has 0 aliphatic carbocycles. The Morgan fingerprint density at radius 1 is 1.09 bits per heavy atom. The third kappa shape index (κ3) is 6.29. The first-order chi connectivity index (χ1) is 15.9. The molecule has 0 saturated carbocycles. The van der Waals surface area contributed by atoms with Gasteiger partial charge in [-0.05, 0) is 54.0 Å². The van der Waals surface area contributed by atoms with Gasteiger partial charge in [0, 0.05) is 17.3 Å². The van der Waals surface area contributed by atoms with Gasteiger partial charge in [-0.2, -0.15) is 5.26 Å². The summed E-state index contributed by atoms with van der Waals surface area (Å²) in [4.78, 5) is 12.8. The fraction of sp³-hybridized carbons (Fsp3) is 0.154. The van der Waals surface area contributed by atoms with Crippen molar-refractivity contribution in [3.63, 3.8) is 0 Å². The average Bonchev–Trinajstić information content (AvgIpc) is 2.83. The fourth-order valence-corrected chi connectivity index (χ4v) is 3.44. The summed E-state index contributed by atoms with van der Waals surface area (Å²) in [5.74, 6) is 0.538. The lowest BCUT2D eigenvalue weighted by atomic mass is 10.1. The minimum atomic E-state index is -0.496. The van der Waals surface area contributed by atoms with E-state index in [4.69, 9.17) is 32.7 Å². The van der Waals surface area contributed by atoms with Gasteiger partial charge in [0.1, 0.15) is 29.7 Å². The van der Waals surface area contributed by atoms with Gasteiger partial charge in [-0.15, -0.1) is 0 Å². The van der Waals surface area contributed by atoms with E-state index in [0.29, 0.717) is 32.8 Å². The van der Waals surface area contributed by atoms with Crippen molar-refractivity contribution in [1.82, 2.24) is 0 Å². The molecule has 7 heteroatoms. The largest absolute Gasteiger partial charge is 0.497 e. The number of hydrogen-bond donors (Lipinski definition) is 1. The van der Waals surface area contributed by atoms with Crippen molar-refractivity contribution < 1.29 is 14.3 Å². The number of carbonyl (C=O) groups is 1. The molecule has 0 bridgehead atoms. The van der Waals surface area contributed by atoms with Crippen LogP contribution in [0.25, 0.3) is 6.08 Å². The zero-order chi connectivity index (χ0) is 23.8. The van der Waals surface area contributed by atoms with Crippen molar-refractivity contribution in [1.29, 1.82) is 5.26 Å². The minimum Gasteiger partial charge on any atom is -0.497 e. The molecular weight excluding hydrogens is 459 g/mol. The van der Waals surface area contributed by atoms with E-state index in [1.165, 1.54) is 6.08 Å². The Bertz CT molecular complexity index is 1230. The highest BCUT2D eigenvalue weighted by atomic mass is 35.5. The Morgan fingerprint density at radius 3 is 2.58 bits per heavy atom. The molecule has 0 saturated heterocycles. The predicted octanol–water partition coefficient (Wildman–Crippen LogP) is 6.69. The van der Waals surface area contributed by atoms with E-state index in [1.54, 1.807) is 37.4 Å². The van der Waals surface area contributed by atoms with Gasteiger partial charge in [0.15, 0.2) is 0 Å². The van der Waals surface area contributed by atoms with Crippen LogP contribution < -0.4 is 14.8 Å². The molecule has 0 aliphatic heterocycles. The van der Waals surface area contributed by atoms with Crippen LogP contribution in [0, 0.1) is 11.3 Å². The zero-order valence-electron chi connectivity index (χ0n) is 18.2. The fourth-order valence-electron chi connectivity index (χ4n) is 3.12. The third-order valence-corrected chi connectivity index (χ3v) is 5.65. The Kier molecular flexibility index (Phi) is 8.37. The molecule has 0 spiro atoms. The van der Waals surface area contributed by atoms with Crippen LogP contribution in [0.5, 0.6) is 11.5 Å². The first-order valence-corrected chi connectivity index (χ1v) is 11.0. The van der Waals surface area contributed by atoms with Crippen LogP contribution in [-0.4, -0.2) is 13.0 Å². The number of ether oxygens (including phenoxy) is 2. The molecule has 0 unspecified atom stereocenters. The molecule has 3 aromatic rings. The van der Waals surface area contributed by atoms with Crippen LogP contribution in [0.2, 0.25) is 10.0 Å². The van der Waals surface area contributed by atoms with Gasteiger partial charge in [0.25, 0.3) is 5.91 Å². The molecule has 1 amide bonds. The van der Waals surface area contributed by atoms with Gasteiger partial charge in [0.2, 0.25) is 0 Å². The van der Waals surface area contributed by atoms with Crippen molar-refractivity contribution in [2.24, 2.45) is 0 Å². The van der Waals surface area contributed by atoms with Gasteiger partial charge in [0.05, 0.1) is 17.2 Å². The van der Waals surface area contributed by atoms with Gasteiger partial charge in [-0.1, -0.05) is 54.4 Å². The molecule has 0 aromatic heterocycles. The Labute approximate surface area is 203 Å². The number of aryl methyl sites for hydroxylation is 1. The second-order valence-electron chi connectivity index (χ2n) is 7.08. The number of halogens is 2. The molecule has 1 N–H and O–H groups in total. The summed E-state index contributed by atoms with van der Waals surface area (Å²) in [5, 5.41) is 13.4. The van der Waals surface area contributed by atoms with Gasteiger partial charge in [-0.25, -0.2) is 0 Å².